The zero-order valence-electron chi connectivity index (χ0n) is 19.5. The first-order valence-corrected chi connectivity index (χ1v) is 11.8. The molecule has 7 atom stereocenters. The van der Waals surface area contributed by atoms with Gasteiger partial charge < -0.3 is 19.7 Å². The maximum absolute atomic E-state index is 11.9. The number of allylic oxidation sites excluding steroid dienone is 2. The molecule has 0 saturated heterocycles. The molecule has 2 fully saturated rings. The molecule has 0 aromatic carbocycles. The van der Waals surface area contributed by atoms with Crippen molar-refractivity contribution in [2.75, 3.05) is 6.61 Å². The van der Waals surface area contributed by atoms with Gasteiger partial charge >= 0.3 is 11.9 Å². The normalized spacial score (nSPS) is 29.7. The van der Waals surface area contributed by atoms with Crippen LogP contribution in [0, 0.1) is 23.7 Å². The van der Waals surface area contributed by atoms with E-state index in [0.717, 1.165) is 32.1 Å². The average molecular weight is 437 g/mol. The van der Waals surface area contributed by atoms with Crippen LogP contribution in [0.5, 0.6) is 0 Å². The number of ether oxygens (including phenoxy) is 2. The van der Waals surface area contributed by atoms with Gasteiger partial charge in [-0.1, -0.05) is 44.1 Å². The number of aliphatic hydroxyl groups excluding tert-OH is 2. The molecule has 6 heteroatoms. The zero-order valence-corrected chi connectivity index (χ0v) is 19.5. The van der Waals surface area contributed by atoms with Gasteiger partial charge in [-0.05, 0) is 63.7 Å². The Kier molecular flexibility index (Phi) is 10.2. The lowest BCUT2D eigenvalue weighted by molar-refractivity contribution is -0.166. The molecule has 0 bridgehead atoms. The fraction of sp³-hybridized carbons (Fsp3) is 0.760. The van der Waals surface area contributed by atoms with Gasteiger partial charge in [0, 0.05) is 12.3 Å². The van der Waals surface area contributed by atoms with E-state index in [0.29, 0.717) is 18.3 Å². The Morgan fingerprint density at radius 1 is 1.23 bits per heavy atom. The second-order valence-corrected chi connectivity index (χ2v) is 9.11. The molecule has 6 nitrogen and oxygen atoms in total. The van der Waals surface area contributed by atoms with Gasteiger partial charge in [0.05, 0.1) is 18.8 Å². The lowest BCUT2D eigenvalue weighted by Crippen LogP contribution is -2.26. The Morgan fingerprint density at radius 3 is 2.65 bits per heavy atom. The second-order valence-electron chi connectivity index (χ2n) is 9.11. The molecule has 0 aromatic rings. The van der Waals surface area contributed by atoms with Gasteiger partial charge in [-0.25, -0.2) is 4.79 Å². The molecule has 31 heavy (non-hydrogen) atoms. The SMILES string of the molecule is CCOC(=O)[C@@H](C)OC(=O)CCC/C=C1\C[C@H]2CC(O)[C@H](/C=C/[C@@H](O)C(C)CC)[C@H]2C1. The topological polar surface area (TPSA) is 93.1 Å². The molecule has 2 rings (SSSR count). The van der Waals surface area contributed by atoms with Gasteiger partial charge in [0.2, 0.25) is 0 Å². The smallest absolute Gasteiger partial charge is 0.347 e. The van der Waals surface area contributed by atoms with Crippen LogP contribution in [0.2, 0.25) is 0 Å². The van der Waals surface area contributed by atoms with Crippen LogP contribution < -0.4 is 0 Å². The lowest BCUT2D eigenvalue weighted by atomic mass is 9.89. The highest BCUT2D eigenvalue weighted by Crippen LogP contribution is 2.50. The molecular weight excluding hydrogens is 396 g/mol. The first kappa shape index (κ1) is 25.6. The van der Waals surface area contributed by atoms with Crippen LogP contribution >= 0.6 is 0 Å². The van der Waals surface area contributed by atoms with E-state index in [9.17, 15) is 19.8 Å². The number of rotatable bonds is 11. The predicted octanol–water partition coefficient (Wildman–Crippen LogP) is 3.95. The number of hydrogen-bond donors (Lipinski definition) is 2. The molecule has 0 radical (unpaired) electrons. The summed E-state index contributed by atoms with van der Waals surface area (Å²) in [7, 11) is 0. The van der Waals surface area contributed by atoms with E-state index in [-0.39, 0.29) is 36.9 Å². The van der Waals surface area contributed by atoms with E-state index in [2.05, 4.69) is 13.0 Å². The van der Waals surface area contributed by atoms with E-state index in [1.165, 1.54) is 12.5 Å². The molecule has 0 spiro atoms. The Balaban J connectivity index is 1.77. The van der Waals surface area contributed by atoms with Gasteiger partial charge in [0.25, 0.3) is 0 Å². The summed E-state index contributed by atoms with van der Waals surface area (Å²) in [6, 6.07) is 0. The van der Waals surface area contributed by atoms with Crippen LogP contribution in [0.4, 0.5) is 0 Å². The van der Waals surface area contributed by atoms with Crippen molar-refractivity contribution in [3.63, 3.8) is 0 Å². The third kappa shape index (κ3) is 7.46. The second kappa shape index (κ2) is 12.4. The van der Waals surface area contributed by atoms with Crippen LogP contribution in [0.1, 0.15) is 72.6 Å². The first-order valence-electron chi connectivity index (χ1n) is 11.8. The highest BCUT2D eigenvalue weighted by atomic mass is 16.6. The molecule has 0 heterocycles. The van der Waals surface area contributed by atoms with Crippen molar-refractivity contribution in [2.24, 2.45) is 23.7 Å². The maximum Gasteiger partial charge on any atom is 0.347 e. The highest BCUT2D eigenvalue weighted by Gasteiger charge is 2.44. The summed E-state index contributed by atoms with van der Waals surface area (Å²) in [6.45, 7) is 7.61. The minimum atomic E-state index is -0.866. The fourth-order valence-corrected chi connectivity index (χ4v) is 4.73. The van der Waals surface area contributed by atoms with E-state index in [1.807, 2.05) is 19.1 Å². The maximum atomic E-state index is 11.9. The standard InChI is InChI=1S/C25H40O6/c1-5-16(3)22(26)12-11-20-21-14-18(13-19(21)15-23(20)27)9-7-8-10-24(28)31-17(4)25(29)30-6-2/h9,11-12,16-17,19-23,26-27H,5-8,10,13-15H2,1-4H3/b12-11+,18-9+/t16?,17-,19+,20-,21+,22-,23?/m1/s1. The van der Waals surface area contributed by atoms with E-state index < -0.39 is 18.2 Å². The van der Waals surface area contributed by atoms with Crippen molar-refractivity contribution >= 4 is 11.9 Å². The molecule has 0 aromatic heterocycles. The number of hydrogen-bond acceptors (Lipinski definition) is 6. The quantitative estimate of drug-likeness (QED) is 0.289. The molecule has 2 saturated carbocycles. The Labute approximate surface area is 186 Å². The Morgan fingerprint density at radius 2 is 1.97 bits per heavy atom. The van der Waals surface area contributed by atoms with Gasteiger partial charge in [-0.2, -0.15) is 0 Å². The summed E-state index contributed by atoms with van der Waals surface area (Å²) >= 11 is 0. The summed E-state index contributed by atoms with van der Waals surface area (Å²) in [4.78, 5) is 23.4. The minimum Gasteiger partial charge on any atom is -0.463 e. The first-order chi connectivity index (χ1) is 14.8. The largest absolute Gasteiger partial charge is 0.463 e. The minimum absolute atomic E-state index is 0.106. The third-order valence-electron chi connectivity index (χ3n) is 6.81. The zero-order chi connectivity index (χ0) is 23.0. The monoisotopic (exact) mass is 436 g/mol. The molecule has 2 N–H and O–H groups in total. The summed E-state index contributed by atoms with van der Waals surface area (Å²) in [5.74, 6) is 0.350. The Bertz CT molecular complexity index is 654. The predicted molar refractivity (Wildman–Crippen MR) is 119 cm³/mol. The number of carbonyl (C=O) groups is 2. The number of esters is 2. The highest BCUT2D eigenvalue weighted by molar-refractivity contribution is 5.78. The van der Waals surface area contributed by atoms with Crippen LogP contribution in [-0.2, 0) is 19.1 Å². The van der Waals surface area contributed by atoms with Crippen LogP contribution in [0.25, 0.3) is 0 Å². The lowest BCUT2D eigenvalue weighted by Gasteiger charge is -2.19. The van der Waals surface area contributed by atoms with Crippen molar-refractivity contribution in [2.45, 2.75) is 91.0 Å². The van der Waals surface area contributed by atoms with Crippen molar-refractivity contribution in [1.29, 1.82) is 0 Å². The van der Waals surface area contributed by atoms with E-state index in [1.54, 1.807) is 6.92 Å². The van der Waals surface area contributed by atoms with Gasteiger partial charge in [-0.3, -0.25) is 4.79 Å². The molecule has 2 aliphatic carbocycles. The van der Waals surface area contributed by atoms with E-state index in [4.69, 9.17) is 9.47 Å². The van der Waals surface area contributed by atoms with Gasteiger partial charge in [0.15, 0.2) is 6.10 Å². The van der Waals surface area contributed by atoms with Crippen LogP contribution in [0.3, 0.4) is 0 Å². The average Bonchev–Trinajstić information content (AvgIpc) is 3.25. The molecule has 2 unspecified atom stereocenters. The fourth-order valence-electron chi connectivity index (χ4n) is 4.73. The number of unbranched alkanes of at least 4 members (excludes halogenated alkanes) is 1. The molecule has 176 valence electrons. The van der Waals surface area contributed by atoms with Crippen molar-refractivity contribution in [3.05, 3.63) is 23.8 Å². The molecular formula is C25H40O6. The molecule has 2 aliphatic rings. The molecule has 0 aliphatic heterocycles. The third-order valence-corrected chi connectivity index (χ3v) is 6.81. The van der Waals surface area contributed by atoms with Crippen LogP contribution in [0.15, 0.2) is 23.8 Å². The van der Waals surface area contributed by atoms with E-state index >= 15 is 0 Å². The number of aliphatic hydroxyl groups is 2. The summed E-state index contributed by atoms with van der Waals surface area (Å²) in [5.41, 5.74) is 1.40. The molecule has 0 amide bonds. The van der Waals surface area contributed by atoms with Crippen molar-refractivity contribution in [3.8, 4) is 0 Å². The van der Waals surface area contributed by atoms with Gasteiger partial charge in [0.1, 0.15) is 0 Å². The summed E-state index contributed by atoms with van der Waals surface area (Å²) in [6.07, 6.45) is 9.95. The summed E-state index contributed by atoms with van der Waals surface area (Å²) in [5, 5.41) is 20.7. The van der Waals surface area contributed by atoms with Gasteiger partial charge in [-0.15, -0.1) is 0 Å². The van der Waals surface area contributed by atoms with Crippen molar-refractivity contribution < 1.29 is 29.3 Å². The summed E-state index contributed by atoms with van der Waals surface area (Å²) < 4.78 is 9.94. The van der Waals surface area contributed by atoms with Crippen LogP contribution in [-0.4, -0.2) is 47.1 Å². The van der Waals surface area contributed by atoms with Crippen molar-refractivity contribution in [1.82, 2.24) is 0 Å². The number of carbonyl (C=O) groups excluding carboxylic acids is 2. The number of fused-ring (bicyclic) bond motifs is 1. The Hall–Kier alpha value is -1.66.